The van der Waals surface area contributed by atoms with Gasteiger partial charge in [0.2, 0.25) is 10.0 Å². The molecule has 0 atom stereocenters. The van der Waals surface area contributed by atoms with Gasteiger partial charge in [0, 0.05) is 16.9 Å². The summed E-state index contributed by atoms with van der Waals surface area (Å²) in [5, 5.41) is 16.2. The summed E-state index contributed by atoms with van der Waals surface area (Å²) in [4.78, 5) is 40.7. The van der Waals surface area contributed by atoms with Crippen molar-refractivity contribution < 1.29 is 27.9 Å². The van der Waals surface area contributed by atoms with Gasteiger partial charge in [-0.25, -0.2) is 27.7 Å². The van der Waals surface area contributed by atoms with E-state index in [0.717, 1.165) is 42.6 Å². The van der Waals surface area contributed by atoms with Crippen molar-refractivity contribution in [2.75, 3.05) is 10.6 Å². The van der Waals surface area contributed by atoms with Crippen molar-refractivity contribution in [3.05, 3.63) is 70.2 Å². The van der Waals surface area contributed by atoms with Gasteiger partial charge in [-0.05, 0) is 56.2 Å². The van der Waals surface area contributed by atoms with Crippen molar-refractivity contribution >= 4 is 50.0 Å². The van der Waals surface area contributed by atoms with Crippen LogP contribution < -0.4 is 15.4 Å². The highest BCUT2D eigenvalue weighted by Gasteiger charge is 2.26. The normalized spacial score (nSPS) is 13.9. The topological polar surface area (TPSA) is 155 Å². The number of aromatic nitrogens is 1. The third-order valence-electron chi connectivity index (χ3n) is 6.04. The van der Waals surface area contributed by atoms with E-state index >= 15 is 0 Å². The molecular weight excluding hydrogens is 516 g/mol. The Kier molecular flexibility index (Phi) is 8.00. The van der Waals surface area contributed by atoms with Crippen LogP contribution in [0.1, 0.15) is 57.7 Å². The molecule has 1 saturated carbocycles. The Balaban J connectivity index is 1.36. The minimum absolute atomic E-state index is 0.0203. The number of ketones is 1. The Morgan fingerprint density at radius 2 is 1.76 bits per heavy atom. The number of urea groups is 1. The van der Waals surface area contributed by atoms with Crippen LogP contribution in [0.25, 0.3) is 0 Å². The second kappa shape index (κ2) is 11.2. The number of hydrogen-bond acceptors (Lipinski definition) is 7. The second-order valence-corrected chi connectivity index (χ2v) is 11.4. The van der Waals surface area contributed by atoms with Crippen LogP contribution in [-0.2, 0) is 16.6 Å². The molecular formula is C25H26N4O6S2. The highest BCUT2D eigenvalue weighted by Crippen LogP contribution is 2.31. The molecule has 2 aromatic carbocycles. The van der Waals surface area contributed by atoms with E-state index in [1.54, 1.807) is 17.5 Å². The molecule has 0 bridgehead atoms. The highest BCUT2D eigenvalue weighted by atomic mass is 32.2. The zero-order valence-corrected chi connectivity index (χ0v) is 21.6. The number of hydrogen-bond donors (Lipinski definition) is 4. The predicted molar refractivity (Wildman–Crippen MR) is 140 cm³/mol. The molecule has 10 nitrogen and oxygen atoms in total. The number of carbonyl (C=O) groups is 3. The maximum Gasteiger partial charge on any atom is 0.335 e. The highest BCUT2D eigenvalue weighted by molar-refractivity contribution is 7.89. The maximum absolute atomic E-state index is 13.0. The van der Waals surface area contributed by atoms with Crippen molar-refractivity contribution in [2.24, 2.45) is 5.92 Å². The lowest BCUT2D eigenvalue weighted by molar-refractivity contribution is 0.0696. The van der Waals surface area contributed by atoms with Gasteiger partial charge in [0.1, 0.15) is 0 Å². The summed E-state index contributed by atoms with van der Waals surface area (Å²) < 4.78 is 27.4. The Morgan fingerprint density at radius 3 is 2.43 bits per heavy atom. The Hall–Kier alpha value is -3.61. The van der Waals surface area contributed by atoms with Crippen LogP contribution in [0.15, 0.2) is 52.7 Å². The summed E-state index contributed by atoms with van der Waals surface area (Å²) in [6, 6.07) is 9.60. The molecule has 0 unspecified atom stereocenters. The van der Waals surface area contributed by atoms with Crippen LogP contribution in [0.5, 0.6) is 0 Å². The van der Waals surface area contributed by atoms with Gasteiger partial charge in [0.15, 0.2) is 10.9 Å². The molecule has 1 aliphatic rings. The summed E-state index contributed by atoms with van der Waals surface area (Å²) in [5.41, 5.74) is 2.22. The van der Waals surface area contributed by atoms with Crippen molar-refractivity contribution in [3.8, 4) is 0 Å². The fourth-order valence-corrected chi connectivity index (χ4v) is 5.81. The van der Waals surface area contributed by atoms with E-state index in [-0.39, 0.29) is 33.8 Å². The van der Waals surface area contributed by atoms with Crippen LogP contribution in [-0.4, -0.2) is 36.3 Å². The van der Waals surface area contributed by atoms with Gasteiger partial charge in [-0.1, -0.05) is 24.5 Å². The minimum atomic E-state index is -3.89. The molecule has 1 heterocycles. The molecule has 1 aromatic heterocycles. The molecule has 37 heavy (non-hydrogen) atoms. The summed E-state index contributed by atoms with van der Waals surface area (Å²) in [6.45, 7) is 1.77. The number of carboxylic acid groups (broad SMARTS) is 1. The molecule has 1 fully saturated rings. The monoisotopic (exact) mass is 542 g/mol. The lowest BCUT2D eigenvalue weighted by atomic mass is 9.94. The Bertz CT molecular complexity index is 1430. The molecule has 1 aliphatic carbocycles. The fourth-order valence-electron chi connectivity index (χ4n) is 4.10. The first-order valence-corrected chi connectivity index (χ1v) is 14.0. The number of carbonyl (C=O) groups excluding carboxylic acids is 2. The van der Waals surface area contributed by atoms with Gasteiger partial charge in [-0.2, -0.15) is 0 Å². The number of anilines is 2. The van der Waals surface area contributed by atoms with E-state index < -0.39 is 22.0 Å². The maximum atomic E-state index is 13.0. The standard InChI is InChI=1S/C25H26N4O6S2/c1-15-6-11-21(20(12-15)22(30)16-4-2-3-5-16)28-24(33)29-25-27-18(14-36-25)13-26-37(34,35)19-9-7-17(8-10-19)23(31)32/h6-12,14,16,26H,2-5,13H2,1H3,(H,31,32)(H2,27,28,29,33). The molecule has 12 heteroatoms. The summed E-state index contributed by atoms with van der Waals surface area (Å²) >= 11 is 1.12. The van der Waals surface area contributed by atoms with Crippen LogP contribution in [0.3, 0.4) is 0 Å². The average Bonchev–Trinajstić information content (AvgIpc) is 3.56. The zero-order chi connectivity index (χ0) is 26.6. The van der Waals surface area contributed by atoms with Crippen molar-refractivity contribution in [1.82, 2.24) is 9.71 Å². The molecule has 194 valence electrons. The number of rotatable bonds is 9. The molecule has 0 saturated heterocycles. The number of sulfonamides is 1. The van der Waals surface area contributed by atoms with Gasteiger partial charge in [-0.3, -0.25) is 10.1 Å². The lowest BCUT2D eigenvalue weighted by Gasteiger charge is -2.14. The number of aryl methyl sites for hydroxylation is 1. The molecule has 0 aliphatic heterocycles. The number of thiazole rings is 1. The first-order chi connectivity index (χ1) is 17.6. The van der Waals surface area contributed by atoms with Crippen molar-refractivity contribution in [1.29, 1.82) is 0 Å². The van der Waals surface area contributed by atoms with Gasteiger partial charge in [-0.15, -0.1) is 11.3 Å². The molecule has 4 rings (SSSR count). The van der Waals surface area contributed by atoms with E-state index in [1.165, 1.54) is 24.3 Å². The Morgan fingerprint density at radius 1 is 1.05 bits per heavy atom. The largest absolute Gasteiger partial charge is 0.478 e. The molecule has 3 aromatic rings. The molecule has 0 radical (unpaired) electrons. The number of nitrogens with zero attached hydrogens (tertiary/aromatic N) is 1. The van der Waals surface area contributed by atoms with Gasteiger partial charge in [0.25, 0.3) is 0 Å². The lowest BCUT2D eigenvalue weighted by Crippen LogP contribution is -2.24. The summed E-state index contributed by atoms with van der Waals surface area (Å²) in [7, 11) is -3.89. The predicted octanol–water partition coefficient (Wildman–Crippen LogP) is 4.65. The van der Waals surface area contributed by atoms with E-state index in [9.17, 15) is 22.8 Å². The Labute approximate surface area is 218 Å². The third kappa shape index (κ3) is 6.59. The first kappa shape index (κ1) is 26.5. The fraction of sp³-hybridized carbons (Fsp3) is 0.280. The van der Waals surface area contributed by atoms with Crippen LogP contribution in [0.4, 0.5) is 15.6 Å². The van der Waals surface area contributed by atoms with Crippen molar-refractivity contribution in [2.45, 2.75) is 44.0 Å². The smallest absolute Gasteiger partial charge is 0.335 e. The van der Waals surface area contributed by atoms with Crippen LogP contribution in [0, 0.1) is 12.8 Å². The quantitative estimate of drug-likeness (QED) is 0.287. The average molecular weight is 543 g/mol. The van der Waals surface area contributed by atoms with Gasteiger partial charge in [0.05, 0.1) is 28.4 Å². The number of carboxylic acids is 1. The molecule has 0 spiro atoms. The van der Waals surface area contributed by atoms with E-state index in [0.29, 0.717) is 16.9 Å². The number of benzene rings is 2. The third-order valence-corrected chi connectivity index (χ3v) is 8.27. The van der Waals surface area contributed by atoms with Crippen molar-refractivity contribution in [3.63, 3.8) is 0 Å². The number of nitrogens with one attached hydrogen (secondary N) is 3. The summed E-state index contributed by atoms with van der Waals surface area (Å²) in [5.74, 6) is -1.13. The van der Waals surface area contributed by atoms with Crippen LogP contribution in [0.2, 0.25) is 0 Å². The van der Waals surface area contributed by atoms with Crippen LogP contribution >= 0.6 is 11.3 Å². The number of aromatic carboxylic acids is 1. The van der Waals surface area contributed by atoms with E-state index in [2.05, 4.69) is 20.3 Å². The molecule has 4 N–H and O–H groups in total. The molecule has 2 amide bonds. The minimum Gasteiger partial charge on any atom is -0.478 e. The number of Topliss-reactive ketones (excluding diaryl/α,β-unsaturated/α-hetero) is 1. The summed E-state index contributed by atoms with van der Waals surface area (Å²) in [6.07, 6.45) is 3.78. The van der Waals surface area contributed by atoms with Gasteiger partial charge >= 0.3 is 12.0 Å². The van der Waals surface area contributed by atoms with E-state index in [1.807, 2.05) is 13.0 Å². The zero-order valence-electron chi connectivity index (χ0n) is 20.0. The first-order valence-electron chi connectivity index (χ1n) is 11.6. The second-order valence-electron chi connectivity index (χ2n) is 8.77. The number of amides is 2. The van der Waals surface area contributed by atoms with Gasteiger partial charge < -0.3 is 10.4 Å². The van der Waals surface area contributed by atoms with E-state index in [4.69, 9.17) is 5.11 Å². The SMILES string of the molecule is Cc1ccc(NC(=O)Nc2nc(CNS(=O)(=O)c3ccc(C(=O)O)cc3)cs2)c(C(=O)C2CCCC2)c1.